The molecule has 59 heavy (non-hydrogen) atoms. The Kier molecular flexibility index (Phi) is 16.9. The van der Waals surface area contributed by atoms with Gasteiger partial charge in [0.25, 0.3) is 0 Å². The topological polar surface area (TPSA) is 105 Å². The Morgan fingerprint density at radius 2 is 1.17 bits per heavy atom. The number of halogens is 2. The summed E-state index contributed by atoms with van der Waals surface area (Å²) in [5.41, 5.74) is 7.38. The molecule has 0 unspecified atom stereocenters. The number of amidine groups is 1. The van der Waals surface area contributed by atoms with Crippen LogP contribution in [0.1, 0.15) is 91.3 Å². The van der Waals surface area contributed by atoms with Gasteiger partial charge in [-0.2, -0.15) is 0 Å². The largest absolute Gasteiger partial charge is 0.351 e. The van der Waals surface area contributed by atoms with Gasteiger partial charge in [0.05, 0.1) is 10.8 Å². The highest BCUT2D eigenvalue weighted by Gasteiger charge is 2.51. The van der Waals surface area contributed by atoms with E-state index in [2.05, 4.69) is 139 Å². The predicted molar refractivity (Wildman–Crippen MR) is 257 cm³/mol. The number of anilines is 1. The maximum Gasteiger partial charge on any atom is 0.244 e. The zero-order valence-electron chi connectivity index (χ0n) is 34.6. The average Bonchev–Trinajstić information content (AvgIpc) is 4.23. The molecule has 1 amide bonds. The van der Waals surface area contributed by atoms with E-state index in [1.54, 1.807) is 11.8 Å². The summed E-state index contributed by atoms with van der Waals surface area (Å²) in [5.74, 6) is 8.60. The normalized spacial score (nSPS) is 18.1. The molecule has 0 atom stereocenters. The van der Waals surface area contributed by atoms with Crippen molar-refractivity contribution in [3.8, 4) is 0 Å². The van der Waals surface area contributed by atoms with Crippen molar-refractivity contribution in [1.29, 1.82) is 0 Å². The first-order chi connectivity index (χ1) is 27.9. The highest BCUT2D eigenvalue weighted by atomic mass is 127. The van der Waals surface area contributed by atoms with Gasteiger partial charge < -0.3 is 9.80 Å². The molecular formula is C47H60ClIN8OS. The van der Waals surface area contributed by atoms with Crippen LogP contribution < -0.4 is 16.2 Å². The maximum atomic E-state index is 11.5. The molecule has 0 spiro atoms. The quantitative estimate of drug-likeness (QED) is 0.0419. The summed E-state index contributed by atoms with van der Waals surface area (Å²) in [6.45, 7) is 4.36. The van der Waals surface area contributed by atoms with Crippen molar-refractivity contribution in [3.63, 3.8) is 0 Å². The molecule has 2 aliphatic carbocycles. The van der Waals surface area contributed by atoms with E-state index in [0.29, 0.717) is 5.92 Å². The zero-order valence-corrected chi connectivity index (χ0v) is 38.5. The van der Waals surface area contributed by atoms with Crippen LogP contribution in [0.5, 0.6) is 0 Å². The van der Waals surface area contributed by atoms with Gasteiger partial charge in [-0.1, -0.05) is 133 Å². The lowest BCUT2D eigenvalue weighted by atomic mass is 9.90. The van der Waals surface area contributed by atoms with Crippen molar-refractivity contribution in [3.05, 3.63) is 149 Å². The first kappa shape index (κ1) is 46.2. The van der Waals surface area contributed by atoms with Crippen LogP contribution in [0.15, 0.2) is 126 Å². The van der Waals surface area contributed by atoms with E-state index in [1.807, 2.05) is 37.4 Å². The van der Waals surface area contributed by atoms with E-state index < -0.39 is 0 Å². The summed E-state index contributed by atoms with van der Waals surface area (Å²) in [4.78, 5) is 20.6. The van der Waals surface area contributed by atoms with Gasteiger partial charge >= 0.3 is 0 Å². The highest BCUT2D eigenvalue weighted by Crippen LogP contribution is 2.53. The SMILES string of the molecule is CN=C(SC)N1CCC(c2ccccc2)CC1.Cl.Cn1c(N2CCC(c3ccccc3)CC2)nnc1C1(c2ccccc2)CC1.I.NNC(=O)C1(c2ccccc2)CC1. The molecule has 1 aromatic heterocycles. The first-order valence-corrected chi connectivity index (χ1v) is 21.8. The van der Waals surface area contributed by atoms with Gasteiger partial charge in [0.1, 0.15) is 5.82 Å². The van der Waals surface area contributed by atoms with Crippen LogP contribution in [-0.4, -0.2) is 70.2 Å². The summed E-state index contributed by atoms with van der Waals surface area (Å²) in [5, 5.41) is 10.4. The van der Waals surface area contributed by atoms with Crippen molar-refractivity contribution < 1.29 is 4.79 Å². The fourth-order valence-corrected chi connectivity index (χ4v) is 9.46. The summed E-state index contributed by atoms with van der Waals surface area (Å²) in [6.07, 6.45) is 11.1. The van der Waals surface area contributed by atoms with Gasteiger partial charge in [-0.25, -0.2) is 5.84 Å². The number of piperidine rings is 2. The average molecular weight is 947 g/mol. The molecule has 4 fully saturated rings. The molecule has 314 valence electrons. The van der Waals surface area contributed by atoms with Crippen molar-refractivity contribution in [2.75, 3.05) is 44.4 Å². The molecule has 3 heterocycles. The molecule has 2 saturated heterocycles. The van der Waals surface area contributed by atoms with Crippen molar-refractivity contribution in [2.45, 2.75) is 74.0 Å². The Morgan fingerprint density at radius 1 is 0.712 bits per heavy atom. The molecule has 0 radical (unpaired) electrons. The Balaban J connectivity index is 0.000000179. The number of nitrogens with two attached hydrogens (primary N) is 1. The fourth-order valence-electron chi connectivity index (χ4n) is 8.83. The van der Waals surface area contributed by atoms with Crippen LogP contribution in [0.3, 0.4) is 0 Å². The third-order valence-corrected chi connectivity index (χ3v) is 13.3. The van der Waals surface area contributed by atoms with Gasteiger partial charge in [-0.15, -0.1) is 46.6 Å². The number of aromatic nitrogens is 3. The number of hydrogen-bond donors (Lipinski definition) is 2. The summed E-state index contributed by atoms with van der Waals surface area (Å²) >= 11 is 1.75. The number of aliphatic imine (C=N–C) groups is 1. The lowest BCUT2D eigenvalue weighted by Crippen LogP contribution is -2.39. The first-order valence-electron chi connectivity index (χ1n) is 20.5. The minimum atomic E-state index is -0.323. The number of rotatable bonds is 7. The van der Waals surface area contributed by atoms with Gasteiger partial charge in [-0.05, 0) is 91.7 Å². The molecule has 4 aromatic carbocycles. The van der Waals surface area contributed by atoms with Crippen LogP contribution in [0.2, 0.25) is 0 Å². The monoisotopic (exact) mass is 946 g/mol. The van der Waals surface area contributed by atoms with Crippen molar-refractivity contribution in [2.24, 2.45) is 17.9 Å². The van der Waals surface area contributed by atoms with Crippen molar-refractivity contribution >= 4 is 65.2 Å². The number of nitrogens with one attached hydrogen (secondary N) is 1. The number of thioether (sulfide) groups is 1. The third-order valence-electron chi connectivity index (χ3n) is 12.5. The summed E-state index contributed by atoms with van der Waals surface area (Å²) in [6, 6.07) is 42.4. The Hall–Kier alpha value is -3.91. The molecule has 5 aromatic rings. The number of carbonyl (C=O) groups excluding carboxylic acids is 1. The minimum absolute atomic E-state index is 0. The third kappa shape index (κ3) is 10.7. The van der Waals surface area contributed by atoms with Crippen LogP contribution in [0, 0.1) is 0 Å². The van der Waals surface area contributed by atoms with Crippen LogP contribution in [0.4, 0.5) is 5.95 Å². The Bertz CT molecular complexity index is 2050. The summed E-state index contributed by atoms with van der Waals surface area (Å²) in [7, 11) is 4.02. The number of hydrazine groups is 1. The van der Waals surface area contributed by atoms with Crippen molar-refractivity contribution in [1.82, 2.24) is 25.1 Å². The van der Waals surface area contributed by atoms with E-state index in [1.165, 1.54) is 60.4 Å². The predicted octanol–water partition coefficient (Wildman–Crippen LogP) is 9.24. The molecule has 2 saturated carbocycles. The van der Waals surface area contributed by atoms with Crippen LogP contribution in [-0.2, 0) is 22.7 Å². The molecule has 2 aliphatic heterocycles. The van der Waals surface area contributed by atoms with E-state index in [9.17, 15) is 4.79 Å². The number of hydrogen-bond acceptors (Lipinski definition) is 7. The van der Waals surface area contributed by atoms with Gasteiger partial charge in [-0.3, -0.25) is 19.8 Å². The number of nitrogens with zero attached hydrogens (tertiary/aromatic N) is 6. The smallest absolute Gasteiger partial charge is 0.244 e. The molecule has 12 heteroatoms. The number of carbonyl (C=O) groups is 1. The Labute approximate surface area is 378 Å². The van der Waals surface area contributed by atoms with E-state index in [4.69, 9.17) is 5.84 Å². The van der Waals surface area contributed by atoms with E-state index in [-0.39, 0.29) is 53.1 Å². The number of likely N-dealkylation sites (tertiary alicyclic amines) is 1. The Morgan fingerprint density at radius 3 is 1.59 bits per heavy atom. The lowest BCUT2D eigenvalue weighted by Gasteiger charge is -2.33. The highest BCUT2D eigenvalue weighted by molar-refractivity contribution is 14.0. The number of amides is 1. The zero-order chi connectivity index (χ0) is 39.7. The number of benzene rings is 4. The van der Waals surface area contributed by atoms with Crippen LogP contribution >= 0.6 is 48.1 Å². The molecule has 9 rings (SSSR count). The maximum absolute atomic E-state index is 11.5. The molecule has 0 bridgehead atoms. The molecular weight excluding hydrogens is 887 g/mol. The summed E-state index contributed by atoms with van der Waals surface area (Å²) < 4.78 is 2.24. The molecule has 9 nitrogen and oxygen atoms in total. The second-order valence-corrected chi connectivity index (χ2v) is 16.6. The molecule has 4 aliphatic rings. The van der Waals surface area contributed by atoms with Gasteiger partial charge in [0, 0.05) is 40.3 Å². The minimum Gasteiger partial charge on any atom is -0.351 e. The van der Waals surface area contributed by atoms with E-state index >= 15 is 0 Å². The van der Waals surface area contributed by atoms with E-state index in [0.717, 1.165) is 62.3 Å². The lowest BCUT2D eigenvalue weighted by molar-refractivity contribution is -0.123. The van der Waals surface area contributed by atoms with Gasteiger partial charge in [0.2, 0.25) is 11.9 Å². The van der Waals surface area contributed by atoms with Gasteiger partial charge in [0.15, 0.2) is 5.17 Å². The fraction of sp³-hybridized carbons (Fsp3) is 0.404. The molecule has 3 N–H and O–H groups in total. The second-order valence-electron chi connectivity index (χ2n) is 15.8. The standard InChI is InChI=1S/C23H26N4.C14H20N2S.C10H12N2O.ClH.HI/c1-26-21(23(14-15-23)20-10-6-3-7-11-20)24-25-22(26)27-16-12-19(13-17-27)18-8-4-2-5-9-18;1-15-14(17-2)16-10-8-13(9-11-16)12-6-4-3-5-7-12;11-12-9(13)10(6-7-10)8-4-2-1-3-5-8;;/h2-11,19H,12-17H2,1H3;3-7,13H,8-11H2,1-2H3;1-5H,6-7,11H2,(H,12,13);2*1H. The second kappa shape index (κ2) is 21.6. The van der Waals surface area contributed by atoms with Crippen LogP contribution in [0.25, 0.3) is 0 Å².